The van der Waals surface area contributed by atoms with E-state index in [-0.39, 0.29) is 11.2 Å². The number of aryl methyl sites for hydroxylation is 1. The summed E-state index contributed by atoms with van der Waals surface area (Å²) < 4.78 is 0. The lowest BCUT2D eigenvalue weighted by atomic mass is 10.2. The summed E-state index contributed by atoms with van der Waals surface area (Å²) in [6.45, 7) is 1.88. The van der Waals surface area contributed by atoms with Gasteiger partial charge in [-0.05, 0) is 19.1 Å². The molecule has 2 heterocycles. The van der Waals surface area contributed by atoms with Crippen LogP contribution in [0.15, 0.2) is 23.1 Å². The Balaban J connectivity index is 2.97. The van der Waals surface area contributed by atoms with Crippen LogP contribution in [0.4, 0.5) is 5.69 Å². The Bertz CT molecular complexity index is 516. The van der Waals surface area contributed by atoms with Gasteiger partial charge in [0.15, 0.2) is 0 Å². The molecule has 13 heavy (non-hydrogen) atoms. The van der Waals surface area contributed by atoms with Gasteiger partial charge in [-0.2, -0.15) is 0 Å². The molecule has 2 aromatic rings. The fourth-order valence-electron chi connectivity index (χ4n) is 1.28. The molecule has 2 rings (SSSR count). The number of H-pyrrole nitrogens is 1. The second kappa shape index (κ2) is 2.58. The van der Waals surface area contributed by atoms with Gasteiger partial charge in [0, 0.05) is 17.3 Å². The van der Waals surface area contributed by atoms with E-state index in [1.165, 1.54) is 0 Å². The van der Waals surface area contributed by atoms with Gasteiger partial charge >= 0.3 is 0 Å². The Morgan fingerprint density at radius 1 is 1.54 bits per heavy atom. The molecular formula is C9H9N3O. The Morgan fingerprint density at radius 2 is 2.31 bits per heavy atom. The molecule has 0 radical (unpaired) electrons. The highest BCUT2D eigenvalue weighted by Crippen LogP contribution is 2.13. The van der Waals surface area contributed by atoms with Crippen LogP contribution in [-0.2, 0) is 0 Å². The van der Waals surface area contributed by atoms with Crippen LogP contribution < -0.4 is 11.3 Å². The molecule has 0 amide bonds. The lowest BCUT2D eigenvalue weighted by molar-refractivity contribution is 1.21. The Morgan fingerprint density at radius 3 is 3.08 bits per heavy atom. The summed E-state index contributed by atoms with van der Waals surface area (Å²) in [5, 5.41) is 0.889. The van der Waals surface area contributed by atoms with Crippen LogP contribution >= 0.6 is 0 Å². The first-order chi connectivity index (χ1) is 6.18. The summed E-state index contributed by atoms with van der Waals surface area (Å²) in [5.41, 5.74) is 7.09. The van der Waals surface area contributed by atoms with E-state index in [1.54, 1.807) is 18.3 Å². The van der Waals surface area contributed by atoms with Crippen molar-refractivity contribution in [2.45, 2.75) is 6.92 Å². The third kappa shape index (κ3) is 1.16. The smallest absolute Gasteiger partial charge is 0.271 e. The van der Waals surface area contributed by atoms with E-state index in [0.29, 0.717) is 0 Å². The van der Waals surface area contributed by atoms with Crippen molar-refractivity contribution < 1.29 is 0 Å². The first kappa shape index (κ1) is 7.79. The Kier molecular flexibility index (Phi) is 1.55. The number of hydrogen-bond acceptors (Lipinski definition) is 3. The lowest BCUT2D eigenvalue weighted by Crippen LogP contribution is -2.11. The normalized spacial score (nSPS) is 10.5. The molecule has 4 heteroatoms. The molecule has 66 valence electrons. The van der Waals surface area contributed by atoms with E-state index in [4.69, 9.17) is 5.73 Å². The average molecular weight is 175 g/mol. The average Bonchev–Trinajstić information content (AvgIpc) is 2.09. The Hall–Kier alpha value is -1.84. The highest BCUT2D eigenvalue weighted by atomic mass is 16.1. The topological polar surface area (TPSA) is 71.8 Å². The number of aromatic nitrogens is 2. The molecule has 0 spiro atoms. The van der Waals surface area contributed by atoms with Gasteiger partial charge in [-0.15, -0.1) is 0 Å². The van der Waals surface area contributed by atoms with Crippen molar-refractivity contribution in [1.29, 1.82) is 0 Å². The first-order valence-corrected chi connectivity index (χ1v) is 3.92. The summed E-state index contributed by atoms with van der Waals surface area (Å²) in [5.74, 6) is 0. The van der Waals surface area contributed by atoms with Crippen molar-refractivity contribution in [1.82, 2.24) is 9.97 Å². The second-order valence-corrected chi connectivity index (χ2v) is 2.91. The fraction of sp³-hybridized carbons (Fsp3) is 0.111. The van der Waals surface area contributed by atoms with Crippen LogP contribution in [0.25, 0.3) is 10.9 Å². The maximum absolute atomic E-state index is 11.1. The molecule has 0 aliphatic rings. The van der Waals surface area contributed by atoms with E-state index >= 15 is 0 Å². The molecule has 0 saturated heterocycles. The van der Waals surface area contributed by atoms with Gasteiger partial charge in [0.05, 0.1) is 11.2 Å². The maximum atomic E-state index is 11.1. The van der Waals surface area contributed by atoms with Crippen molar-refractivity contribution in [3.8, 4) is 0 Å². The lowest BCUT2D eigenvalue weighted by Gasteiger charge is -2.00. The Labute approximate surface area is 74.4 Å². The maximum Gasteiger partial charge on any atom is 0.271 e. The zero-order valence-corrected chi connectivity index (χ0v) is 7.16. The first-order valence-electron chi connectivity index (χ1n) is 3.92. The molecule has 0 aliphatic heterocycles. The molecule has 0 aliphatic carbocycles. The number of nitrogens with one attached hydrogen (secondary N) is 1. The minimum absolute atomic E-state index is 0.226. The van der Waals surface area contributed by atoms with Crippen LogP contribution in [0.1, 0.15) is 5.69 Å². The van der Waals surface area contributed by atoms with Crippen molar-refractivity contribution in [3.05, 3.63) is 34.4 Å². The summed E-state index contributed by atoms with van der Waals surface area (Å²) in [7, 11) is 0. The number of fused-ring (bicyclic) bond motifs is 1. The molecule has 0 bridgehead atoms. The number of aromatic amines is 1. The number of nitrogen functional groups attached to an aromatic ring is 1. The van der Waals surface area contributed by atoms with Gasteiger partial charge in [0.25, 0.3) is 5.56 Å². The fourth-order valence-corrected chi connectivity index (χ4v) is 1.28. The number of nitrogens with two attached hydrogens (primary N) is 1. The predicted octanol–water partition coefficient (Wildman–Crippen LogP) is 0.814. The summed E-state index contributed by atoms with van der Waals surface area (Å²) in [6.07, 6.45) is 1.66. The van der Waals surface area contributed by atoms with Crippen LogP contribution in [0.2, 0.25) is 0 Å². The number of hydrogen-bond donors (Lipinski definition) is 2. The van der Waals surface area contributed by atoms with E-state index in [0.717, 1.165) is 16.6 Å². The van der Waals surface area contributed by atoms with Crippen molar-refractivity contribution in [2.24, 2.45) is 0 Å². The SMILES string of the molecule is Cc1nccc2[nH]c(=O)c(N)cc12. The number of pyridine rings is 2. The van der Waals surface area contributed by atoms with Gasteiger partial charge < -0.3 is 10.7 Å². The van der Waals surface area contributed by atoms with Crippen LogP contribution in [0, 0.1) is 6.92 Å². The highest BCUT2D eigenvalue weighted by molar-refractivity contribution is 5.82. The third-order valence-electron chi connectivity index (χ3n) is 2.00. The molecule has 3 N–H and O–H groups in total. The standard InChI is InChI=1S/C9H9N3O/c1-5-6-4-7(10)9(13)12-8(6)2-3-11-5/h2-4H,10H2,1H3,(H,12,13). The second-order valence-electron chi connectivity index (χ2n) is 2.91. The van der Waals surface area contributed by atoms with Crippen molar-refractivity contribution >= 4 is 16.6 Å². The van der Waals surface area contributed by atoms with Crippen LogP contribution in [0.5, 0.6) is 0 Å². The van der Waals surface area contributed by atoms with Crippen molar-refractivity contribution in [3.63, 3.8) is 0 Å². The van der Waals surface area contributed by atoms with Crippen LogP contribution in [0.3, 0.4) is 0 Å². The monoisotopic (exact) mass is 175 g/mol. The third-order valence-corrected chi connectivity index (χ3v) is 2.00. The van der Waals surface area contributed by atoms with Gasteiger partial charge in [0.1, 0.15) is 0 Å². The van der Waals surface area contributed by atoms with Gasteiger partial charge in [-0.3, -0.25) is 9.78 Å². The van der Waals surface area contributed by atoms with E-state index in [1.807, 2.05) is 6.92 Å². The van der Waals surface area contributed by atoms with Gasteiger partial charge in [-0.1, -0.05) is 0 Å². The molecule has 0 atom stereocenters. The molecule has 4 nitrogen and oxygen atoms in total. The molecule has 0 unspecified atom stereocenters. The minimum Gasteiger partial charge on any atom is -0.394 e. The van der Waals surface area contributed by atoms with Crippen molar-refractivity contribution in [2.75, 3.05) is 5.73 Å². The molecule has 0 saturated carbocycles. The zero-order valence-electron chi connectivity index (χ0n) is 7.16. The highest BCUT2D eigenvalue weighted by Gasteiger charge is 2.01. The summed E-state index contributed by atoms with van der Waals surface area (Å²) in [4.78, 5) is 17.9. The molecule has 2 aromatic heterocycles. The summed E-state index contributed by atoms with van der Waals surface area (Å²) >= 11 is 0. The van der Waals surface area contributed by atoms with Crippen LogP contribution in [-0.4, -0.2) is 9.97 Å². The predicted molar refractivity (Wildman–Crippen MR) is 51.5 cm³/mol. The quantitative estimate of drug-likeness (QED) is 0.622. The van der Waals surface area contributed by atoms with E-state index in [9.17, 15) is 4.79 Å². The summed E-state index contributed by atoms with van der Waals surface area (Å²) in [6, 6.07) is 3.40. The number of anilines is 1. The largest absolute Gasteiger partial charge is 0.394 e. The van der Waals surface area contributed by atoms with Gasteiger partial charge in [-0.25, -0.2) is 0 Å². The van der Waals surface area contributed by atoms with E-state index < -0.39 is 0 Å². The molecule has 0 aromatic carbocycles. The minimum atomic E-state index is -0.252. The molecule has 0 fully saturated rings. The zero-order chi connectivity index (χ0) is 9.42. The van der Waals surface area contributed by atoms with Gasteiger partial charge in [0.2, 0.25) is 0 Å². The number of nitrogens with zero attached hydrogens (tertiary/aromatic N) is 1. The van der Waals surface area contributed by atoms with E-state index in [2.05, 4.69) is 9.97 Å². The number of rotatable bonds is 0. The molecular weight excluding hydrogens is 166 g/mol.